The van der Waals surface area contributed by atoms with Crippen molar-refractivity contribution in [2.24, 2.45) is 0 Å². The van der Waals surface area contributed by atoms with Crippen LogP contribution in [0, 0.1) is 0 Å². The number of likely N-dealkylation sites (tertiary alicyclic amines) is 1. The molecule has 1 fully saturated rings. The second kappa shape index (κ2) is 6.27. The lowest BCUT2D eigenvalue weighted by molar-refractivity contribution is -0.132. The van der Waals surface area contributed by atoms with Crippen LogP contribution in [0.1, 0.15) is 19.3 Å². The standard InChI is InChI=1S/C14H19N5O3/c20-7-6-19-13-11(8-16-19)14(22)18(10-15-13)9-12(21)17-4-2-1-3-5-17/h8,10,20H,1-7,9H2. The maximum atomic E-state index is 12.4. The molecule has 1 N–H and O–H groups in total. The molecule has 0 atom stereocenters. The zero-order chi connectivity index (χ0) is 15.5. The van der Waals surface area contributed by atoms with Crippen molar-refractivity contribution in [1.82, 2.24) is 24.2 Å². The van der Waals surface area contributed by atoms with Crippen molar-refractivity contribution in [3.05, 3.63) is 22.9 Å². The topological polar surface area (TPSA) is 93.2 Å². The van der Waals surface area contributed by atoms with E-state index in [1.165, 1.54) is 21.8 Å². The van der Waals surface area contributed by atoms with Gasteiger partial charge in [0.1, 0.15) is 18.3 Å². The van der Waals surface area contributed by atoms with E-state index in [0.717, 1.165) is 32.4 Å². The molecule has 0 bridgehead atoms. The Bertz CT molecular complexity index is 730. The number of rotatable bonds is 4. The monoisotopic (exact) mass is 305 g/mol. The number of hydrogen-bond donors (Lipinski definition) is 1. The van der Waals surface area contributed by atoms with Crippen LogP contribution in [0.4, 0.5) is 0 Å². The molecule has 1 saturated heterocycles. The summed E-state index contributed by atoms with van der Waals surface area (Å²) < 4.78 is 2.80. The summed E-state index contributed by atoms with van der Waals surface area (Å²) >= 11 is 0. The highest BCUT2D eigenvalue weighted by Gasteiger charge is 2.18. The molecule has 0 spiro atoms. The van der Waals surface area contributed by atoms with Gasteiger partial charge >= 0.3 is 0 Å². The zero-order valence-electron chi connectivity index (χ0n) is 12.3. The van der Waals surface area contributed by atoms with Gasteiger partial charge in [0.15, 0.2) is 5.65 Å². The van der Waals surface area contributed by atoms with Crippen molar-refractivity contribution in [1.29, 1.82) is 0 Å². The number of carbonyl (C=O) groups is 1. The van der Waals surface area contributed by atoms with Gasteiger partial charge in [0.2, 0.25) is 5.91 Å². The first kappa shape index (κ1) is 14.7. The van der Waals surface area contributed by atoms with Gasteiger partial charge in [-0.3, -0.25) is 14.2 Å². The first-order chi connectivity index (χ1) is 10.7. The Labute approximate surface area is 127 Å². The Hall–Kier alpha value is -2.22. The van der Waals surface area contributed by atoms with E-state index in [-0.39, 0.29) is 31.2 Å². The highest BCUT2D eigenvalue weighted by molar-refractivity contribution is 5.77. The Kier molecular flexibility index (Phi) is 4.19. The molecule has 8 heteroatoms. The predicted molar refractivity (Wildman–Crippen MR) is 79.3 cm³/mol. The van der Waals surface area contributed by atoms with Crippen LogP contribution in [0.15, 0.2) is 17.3 Å². The zero-order valence-corrected chi connectivity index (χ0v) is 12.3. The maximum Gasteiger partial charge on any atom is 0.264 e. The van der Waals surface area contributed by atoms with Gasteiger partial charge in [0.05, 0.1) is 19.3 Å². The minimum absolute atomic E-state index is 0.00690. The summed E-state index contributed by atoms with van der Waals surface area (Å²) in [6.45, 7) is 1.74. The molecule has 0 aromatic carbocycles. The smallest absolute Gasteiger partial charge is 0.264 e. The molecular formula is C14H19N5O3. The molecule has 2 aromatic heterocycles. The summed E-state index contributed by atoms with van der Waals surface area (Å²) in [5.74, 6) is -0.0503. The molecule has 2 aromatic rings. The molecule has 8 nitrogen and oxygen atoms in total. The summed E-state index contributed by atoms with van der Waals surface area (Å²) in [7, 11) is 0. The van der Waals surface area contributed by atoms with Gasteiger partial charge in [0.25, 0.3) is 5.56 Å². The van der Waals surface area contributed by atoms with Gasteiger partial charge < -0.3 is 10.0 Å². The predicted octanol–water partition coefficient (Wildman–Crippen LogP) is -0.402. The number of fused-ring (bicyclic) bond motifs is 1. The lowest BCUT2D eigenvalue weighted by atomic mass is 10.1. The average molecular weight is 305 g/mol. The van der Waals surface area contributed by atoms with Crippen LogP contribution in [-0.4, -0.2) is 54.9 Å². The van der Waals surface area contributed by atoms with E-state index in [1.807, 2.05) is 0 Å². The molecule has 1 amide bonds. The third-order valence-corrected chi connectivity index (χ3v) is 3.95. The van der Waals surface area contributed by atoms with Crippen LogP contribution in [-0.2, 0) is 17.9 Å². The van der Waals surface area contributed by atoms with Crippen LogP contribution >= 0.6 is 0 Å². The largest absolute Gasteiger partial charge is 0.394 e. The Morgan fingerprint density at radius 3 is 2.77 bits per heavy atom. The number of amides is 1. The third kappa shape index (κ3) is 2.74. The molecule has 0 radical (unpaired) electrons. The molecule has 0 unspecified atom stereocenters. The summed E-state index contributed by atoms with van der Waals surface area (Å²) in [5, 5.41) is 13.4. The van der Waals surface area contributed by atoms with Gasteiger partial charge in [-0.25, -0.2) is 9.67 Å². The van der Waals surface area contributed by atoms with Crippen LogP contribution < -0.4 is 5.56 Å². The van der Waals surface area contributed by atoms with Gasteiger partial charge in [0, 0.05) is 13.1 Å². The Morgan fingerprint density at radius 2 is 2.05 bits per heavy atom. The molecule has 0 aliphatic carbocycles. The second-order valence-electron chi connectivity index (χ2n) is 5.45. The van der Waals surface area contributed by atoms with Crippen molar-refractivity contribution in [3.8, 4) is 0 Å². The Balaban J connectivity index is 1.83. The van der Waals surface area contributed by atoms with Gasteiger partial charge in [-0.2, -0.15) is 5.10 Å². The third-order valence-electron chi connectivity index (χ3n) is 3.95. The fraction of sp³-hybridized carbons (Fsp3) is 0.571. The Morgan fingerprint density at radius 1 is 1.27 bits per heavy atom. The fourth-order valence-corrected chi connectivity index (χ4v) is 2.76. The summed E-state index contributed by atoms with van der Waals surface area (Å²) in [5.41, 5.74) is 0.153. The first-order valence-corrected chi connectivity index (χ1v) is 7.50. The van der Waals surface area contributed by atoms with Crippen molar-refractivity contribution in [2.45, 2.75) is 32.4 Å². The summed E-state index contributed by atoms with van der Waals surface area (Å²) in [4.78, 5) is 30.6. The number of aliphatic hydroxyl groups is 1. The average Bonchev–Trinajstić information content (AvgIpc) is 2.95. The summed E-state index contributed by atoms with van der Waals surface area (Å²) in [6.07, 6.45) is 6.00. The van der Waals surface area contributed by atoms with Gasteiger partial charge in [-0.15, -0.1) is 0 Å². The quantitative estimate of drug-likeness (QED) is 0.829. The van der Waals surface area contributed by atoms with Gasteiger partial charge in [-0.1, -0.05) is 0 Å². The van der Waals surface area contributed by atoms with Gasteiger partial charge in [-0.05, 0) is 19.3 Å². The SMILES string of the molecule is O=C(Cn1cnc2c(cnn2CCO)c1=O)N1CCCCC1. The second-order valence-corrected chi connectivity index (χ2v) is 5.45. The summed E-state index contributed by atoms with van der Waals surface area (Å²) in [6, 6.07) is 0. The van der Waals surface area contributed by atoms with E-state index >= 15 is 0 Å². The van der Waals surface area contributed by atoms with Crippen molar-refractivity contribution >= 4 is 16.9 Å². The molecular weight excluding hydrogens is 286 g/mol. The van der Waals surface area contributed by atoms with Crippen LogP contribution in [0.25, 0.3) is 11.0 Å². The molecule has 118 valence electrons. The molecule has 22 heavy (non-hydrogen) atoms. The van der Waals surface area contributed by atoms with Crippen LogP contribution in [0.3, 0.4) is 0 Å². The fourth-order valence-electron chi connectivity index (χ4n) is 2.76. The molecule has 3 heterocycles. The molecule has 3 rings (SSSR count). The normalized spacial score (nSPS) is 15.4. The number of aromatic nitrogens is 4. The highest BCUT2D eigenvalue weighted by Crippen LogP contribution is 2.10. The minimum Gasteiger partial charge on any atom is -0.394 e. The van der Waals surface area contributed by atoms with E-state index in [2.05, 4.69) is 10.1 Å². The van der Waals surface area contributed by atoms with E-state index < -0.39 is 0 Å². The lowest BCUT2D eigenvalue weighted by Gasteiger charge is -2.26. The van der Waals surface area contributed by atoms with Crippen molar-refractivity contribution < 1.29 is 9.90 Å². The van der Waals surface area contributed by atoms with Crippen LogP contribution in [0.5, 0.6) is 0 Å². The van der Waals surface area contributed by atoms with E-state index in [0.29, 0.717) is 11.0 Å². The minimum atomic E-state index is -0.278. The number of hydrogen-bond acceptors (Lipinski definition) is 5. The molecule has 0 saturated carbocycles. The van der Waals surface area contributed by atoms with E-state index in [4.69, 9.17) is 5.11 Å². The molecule has 1 aliphatic heterocycles. The molecule has 1 aliphatic rings. The van der Waals surface area contributed by atoms with E-state index in [1.54, 1.807) is 4.90 Å². The van der Waals surface area contributed by atoms with E-state index in [9.17, 15) is 9.59 Å². The lowest BCUT2D eigenvalue weighted by Crippen LogP contribution is -2.39. The van der Waals surface area contributed by atoms with Crippen molar-refractivity contribution in [2.75, 3.05) is 19.7 Å². The number of piperidine rings is 1. The number of nitrogens with zero attached hydrogens (tertiary/aromatic N) is 5. The van der Waals surface area contributed by atoms with Crippen molar-refractivity contribution in [3.63, 3.8) is 0 Å². The van der Waals surface area contributed by atoms with Crippen LogP contribution in [0.2, 0.25) is 0 Å². The number of aliphatic hydroxyl groups excluding tert-OH is 1. The highest BCUT2D eigenvalue weighted by atomic mass is 16.3. The maximum absolute atomic E-state index is 12.4. The first-order valence-electron chi connectivity index (χ1n) is 7.50. The number of carbonyl (C=O) groups excluding carboxylic acids is 1.